The summed E-state index contributed by atoms with van der Waals surface area (Å²) in [4.78, 5) is 30.1. The third-order valence-corrected chi connectivity index (χ3v) is 5.33. The van der Waals surface area contributed by atoms with Gasteiger partial charge < -0.3 is 16.0 Å². The van der Waals surface area contributed by atoms with Crippen molar-refractivity contribution in [3.63, 3.8) is 0 Å². The lowest BCUT2D eigenvalue weighted by Crippen LogP contribution is -2.32. The Kier molecular flexibility index (Phi) is 6.76. The van der Waals surface area contributed by atoms with E-state index >= 15 is 0 Å². The molecule has 2 heterocycles. The van der Waals surface area contributed by atoms with E-state index in [9.17, 15) is 9.59 Å². The van der Waals surface area contributed by atoms with Crippen LogP contribution in [0.1, 0.15) is 61.5 Å². The lowest BCUT2D eigenvalue weighted by molar-refractivity contribution is -0.114. The van der Waals surface area contributed by atoms with Gasteiger partial charge in [-0.3, -0.25) is 9.59 Å². The van der Waals surface area contributed by atoms with E-state index in [0.717, 1.165) is 25.1 Å². The first-order valence-corrected chi connectivity index (χ1v) is 10.2. The zero-order chi connectivity index (χ0) is 21.7. The van der Waals surface area contributed by atoms with Crippen LogP contribution in [0.25, 0.3) is 0 Å². The van der Waals surface area contributed by atoms with Crippen LogP contribution >= 0.6 is 0 Å². The van der Waals surface area contributed by atoms with Gasteiger partial charge in [0.25, 0.3) is 5.91 Å². The van der Waals surface area contributed by atoms with Crippen molar-refractivity contribution in [1.29, 1.82) is 0 Å². The average Bonchev–Trinajstić information content (AvgIpc) is 3.20. The molecule has 0 radical (unpaired) electrons. The van der Waals surface area contributed by atoms with Crippen LogP contribution in [0.5, 0.6) is 0 Å². The Balaban J connectivity index is 1.84. The van der Waals surface area contributed by atoms with Crippen molar-refractivity contribution in [2.24, 2.45) is 5.73 Å². The molecule has 0 bridgehead atoms. The standard InChI is InChI=1S/C22H28N6O2/c1-4-18(29)12-11-17-6-5-13-28(17)22-25-21(19(20(23)30)26-27-22)24-16-9-7-15(8-10-16)14(2)3/h4,7-10,14,17H,1,5-6,11-13H2,2-3H3,(H2,23,30)(H,24,25,27)/t17-/m1/s1. The summed E-state index contributed by atoms with van der Waals surface area (Å²) < 4.78 is 0. The fourth-order valence-electron chi connectivity index (χ4n) is 3.59. The van der Waals surface area contributed by atoms with Gasteiger partial charge in [0, 0.05) is 24.7 Å². The van der Waals surface area contributed by atoms with Crippen LogP contribution in [-0.2, 0) is 4.79 Å². The van der Waals surface area contributed by atoms with Gasteiger partial charge in [0.05, 0.1) is 0 Å². The van der Waals surface area contributed by atoms with E-state index in [1.807, 2.05) is 29.2 Å². The molecule has 3 rings (SSSR count). The predicted molar refractivity (Wildman–Crippen MR) is 117 cm³/mol. The zero-order valence-corrected chi connectivity index (χ0v) is 17.5. The smallest absolute Gasteiger partial charge is 0.273 e. The summed E-state index contributed by atoms with van der Waals surface area (Å²) >= 11 is 0. The van der Waals surface area contributed by atoms with Gasteiger partial charge in [0.2, 0.25) is 5.95 Å². The SMILES string of the molecule is C=CC(=O)CC[C@H]1CCCN1c1nnc(C(N)=O)c(Nc2ccc(C(C)C)cc2)n1. The number of allylic oxidation sites excluding steroid dienone is 1. The number of benzene rings is 1. The number of rotatable bonds is 9. The molecule has 1 atom stereocenters. The summed E-state index contributed by atoms with van der Waals surface area (Å²) in [7, 11) is 0. The van der Waals surface area contributed by atoms with Gasteiger partial charge in [-0.1, -0.05) is 32.6 Å². The molecule has 1 saturated heterocycles. The molecule has 0 aliphatic carbocycles. The highest BCUT2D eigenvalue weighted by Crippen LogP contribution is 2.28. The first kappa shape index (κ1) is 21.4. The molecule has 8 heteroatoms. The van der Waals surface area contributed by atoms with Gasteiger partial charge in [0.15, 0.2) is 17.3 Å². The van der Waals surface area contributed by atoms with Crippen LogP contribution in [-0.4, -0.2) is 39.5 Å². The number of nitrogens with zero attached hydrogens (tertiary/aromatic N) is 4. The van der Waals surface area contributed by atoms with E-state index in [1.54, 1.807) is 0 Å². The first-order chi connectivity index (χ1) is 14.4. The first-order valence-electron chi connectivity index (χ1n) is 10.2. The second-order valence-corrected chi connectivity index (χ2v) is 7.77. The lowest BCUT2D eigenvalue weighted by Gasteiger charge is -2.24. The van der Waals surface area contributed by atoms with Gasteiger partial charge in [-0.05, 0) is 49.0 Å². The molecule has 1 aliphatic heterocycles. The number of carbonyl (C=O) groups is 2. The van der Waals surface area contributed by atoms with Crippen molar-refractivity contribution in [1.82, 2.24) is 15.2 Å². The molecule has 1 aliphatic rings. The number of amides is 1. The second-order valence-electron chi connectivity index (χ2n) is 7.77. The number of carbonyl (C=O) groups excluding carboxylic acids is 2. The molecule has 0 spiro atoms. The number of nitrogens with one attached hydrogen (secondary N) is 1. The molecule has 0 unspecified atom stereocenters. The maximum atomic E-state index is 11.8. The molecule has 30 heavy (non-hydrogen) atoms. The van der Waals surface area contributed by atoms with Crippen LogP contribution in [0.3, 0.4) is 0 Å². The summed E-state index contributed by atoms with van der Waals surface area (Å²) in [6.07, 6.45) is 4.42. The summed E-state index contributed by atoms with van der Waals surface area (Å²) in [6, 6.07) is 8.07. The molecule has 3 N–H and O–H groups in total. The highest BCUT2D eigenvalue weighted by molar-refractivity contribution is 5.96. The fourth-order valence-corrected chi connectivity index (χ4v) is 3.59. The number of aromatic nitrogens is 3. The van der Waals surface area contributed by atoms with Crippen LogP contribution in [0.4, 0.5) is 17.5 Å². The van der Waals surface area contributed by atoms with Gasteiger partial charge in [-0.2, -0.15) is 4.98 Å². The number of hydrogen-bond donors (Lipinski definition) is 2. The maximum Gasteiger partial charge on any atom is 0.273 e. The van der Waals surface area contributed by atoms with Gasteiger partial charge >= 0.3 is 0 Å². The van der Waals surface area contributed by atoms with E-state index in [2.05, 4.69) is 40.9 Å². The third kappa shape index (κ3) is 5.00. The molecule has 2 aromatic rings. The lowest BCUT2D eigenvalue weighted by atomic mass is 10.0. The predicted octanol–water partition coefficient (Wildman–Crippen LogP) is 3.34. The molecular formula is C22H28N6O2. The number of primary amides is 1. The molecule has 8 nitrogen and oxygen atoms in total. The van der Waals surface area contributed by atoms with Crippen LogP contribution in [0, 0.1) is 0 Å². The van der Waals surface area contributed by atoms with Gasteiger partial charge in [-0.25, -0.2) is 0 Å². The van der Waals surface area contributed by atoms with E-state index < -0.39 is 5.91 Å². The molecule has 1 amide bonds. The van der Waals surface area contributed by atoms with Gasteiger partial charge in [-0.15, -0.1) is 10.2 Å². The Bertz CT molecular complexity index is 926. The number of hydrogen-bond acceptors (Lipinski definition) is 7. The fraction of sp³-hybridized carbons (Fsp3) is 0.409. The van der Waals surface area contributed by atoms with Crippen molar-refractivity contribution in [3.8, 4) is 0 Å². The van der Waals surface area contributed by atoms with Crippen LogP contribution in [0.2, 0.25) is 0 Å². The van der Waals surface area contributed by atoms with Crippen molar-refractivity contribution in [2.75, 3.05) is 16.8 Å². The Labute approximate surface area is 176 Å². The monoisotopic (exact) mass is 408 g/mol. The quantitative estimate of drug-likeness (QED) is 0.612. The molecular weight excluding hydrogens is 380 g/mol. The van der Waals surface area contributed by atoms with E-state index in [-0.39, 0.29) is 23.3 Å². The third-order valence-electron chi connectivity index (χ3n) is 5.33. The van der Waals surface area contributed by atoms with Gasteiger partial charge in [0.1, 0.15) is 0 Å². The minimum absolute atomic E-state index is 0.00994. The maximum absolute atomic E-state index is 11.8. The van der Waals surface area contributed by atoms with E-state index in [4.69, 9.17) is 5.73 Å². The summed E-state index contributed by atoms with van der Waals surface area (Å²) in [5, 5.41) is 11.3. The van der Waals surface area contributed by atoms with E-state index in [1.165, 1.54) is 11.6 Å². The Hall–Kier alpha value is -3.29. The highest BCUT2D eigenvalue weighted by Gasteiger charge is 2.28. The Morgan fingerprint density at radius 3 is 2.67 bits per heavy atom. The number of anilines is 3. The van der Waals surface area contributed by atoms with Crippen molar-refractivity contribution >= 4 is 29.1 Å². The van der Waals surface area contributed by atoms with Crippen molar-refractivity contribution in [2.45, 2.75) is 51.5 Å². The van der Waals surface area contributed by atoms with Crippen molar-refractivity contribution < 1.29 is 9.59 Å². The topological polar surface area (TPSA) is 114 Å². The van der Waals surface area contributed by atoms with Crippen LogP contribution in [0.15, 0.2) is 36.9 Å². The zero-order valence-electron chi connectivity index (χ0n) is 17.5. The number of nitrogens with two attached hydrogens (primary N) is 1. The normalized spacial score (nSPS) is 16.0. The van der Waals surface area contributed by atoms with Crippen molar-refractivity contribution in [3.05, 3.63) is 48.2 Å². The molecule has 1 aromatic heterocycles. The van der Waals surface area contributed by atoms with E-state index in [0.29, 0.717) is 24.7 Å². The molecule has 0 saturated carbocycles. The molecule has 1 fully saturated rings. The summed E-state index contributed by atoms with van der Waals surface area (Å²) in [5.74, 6) is 0.453. The van der Waals surface area contributed by atoms with Crippen LogP contribution < -0.4 is 16.0 Å². The average molecular weight is 409 g/mol. The Morgan fingerprint density at radius 1 is 1.30 bits per heavy atom. The molecule has 158 valence electrons. The largest absolute Gasteiger partial charge is 0.364 e. The summed E-state index contributed by atoms with van der Waals surface area (Å²) in [6.45, 7) is 8.55. The Morgan fingerprint density at radius 2 is 2.03 bits per heavy atom. The second kappa shape index (κ2) is 9.47. The molecule has 1 aromatic carbocycles. The highest BCUT2D eigenvalue weighted by atomic mass is 16.1. The number of ketones is 1. The minimum atomic E-state index is -0.697. The summed E-state index contributed by atoms with van der Waals surface area (Å²) in [5.41, 5.74) is 7.46. The minimum Gasteiger partial charge on any atom is -0.364 e.